The van der Waals surface area contributed by atoms with Crippen LogP contribution in [0.25, 0.3) is 15.9 Å². The molecule has 1 amide bonds. The van der Waals surface area contributed by atoms with E-state index in [2.05, 4.69) is 5.32 Å². The fourth-order valence-corrected chi connectivity index (χ4v) is 4.25. The Hall–Kier alpha value is -3.23. The predicted octanol–water partition coefficient (Wildman–Crippen LogP) is 3.95. The Morgan fingerprint density at radius 1 is 1.17 bits per heavy atom. The zero-order valence-electron chi connectivity index (χ0n) is 15.7. The number of nitrogens with one attached hydrogen (secondary N) is 1. The summed E-state index contributed by atoms with van der Waals surface area (Å²) in [6.45, 7) is 1.30. The van der Waals surface area contributed by atoms with Crippen molar-refractivity contribution in [3.05, 3.63) is 91.2 Å². The lowest BCUT2D eigenvalue weighted by Crippen LogP contribution is -2.40. The second-order valence-corrected chi connectivity index (χ2v) is 7.99. The third kappa shape index (κ3) is 3.67. The molecule has 152 valence electrons. The number of halogens is 2. The molecule has 0 saturated heterocycles. The van der Waals surface area contributed by atoms with Gasteiger partial charge in [0.2, 0.25) is 5.91 Å². The number of benzene rings is 2. The molecule has 0 aliphatic carbocycles. The summed E-state index contributed by atoms with van der Waals surface area (Å²) in [4.78, 5) is 38.8. The number of aryl methyl sites for hydroxylation is 1. The van der Waals surface area contributed by atoms with Crippen molar-refractivity contribution < 1.29 is 9.18 Å². The van der Waals surface area contributed by atoms with Crippen molar-refractivity contribution in [2.75, 3.05) is 5.32 Å². The van der Waals surface area contributed by atoms with E-state index in [9.17, 15) is 18.8 Å². The molecule has 2 heterocycles. The number of rotatable bonds is 4. The minimum absolute atomic E-state index is 0.269. The van der Waals surface area contributed by atoms with Gasteiger partial charge in [0, 0.05) is 10.7 Å². The van der Waals surface area contributed by atoms with Crippen molar-refractivity contribution in [1.82, 2.24) is 9.13 Å². The minimum Gasteiger partial charge on any atom is -0.324 e. The van der Waals surface area contributed by atoms with Gasteiger partial charge in [0.05, 0.1) is 11.2 Å². The molecule has 0 aliphatic rings. The first kappa shape index (κ1) is 20.1. The second kappa shape index (κ2) is 7.89. The van der Waals surface area contributed by atoms with Crippen LogP contribution in [0.3, 0.4) is 0 Å². The third-order valence-corrected chi connectivity index (χ3v) is 5.69. The van der Waals surface area contributed by atoms with Crippen LogP contribution in [0.15, 0.2) is 63.5 Å². The lowest BCUT2D eigenvalue weighted by molar-refractivity contribution is -0.116. The number of thiophene rings is 1. The van der Waals surface area contributed by atoms with Crippen molar-refractivity contribution in [3.63, 3.8) is 0 Å². The van der Waals surface area contributed by atoms with Crippen molar-refractivity contribution in [2.45, 2.75) is 13.5 Å². The Morgan fingerprint density at radius 2 is 1.97 bits per heavy atom. The van der Waals surface area contributed by atoms with E-state index in [-0.39, 0.29) is 12.2 Å². The van der Waals surface area contributed by atoms with Gasteiger partial charge in [0.1, 0.15) is 17.1 Å². The van der Waals surface area contributed by atoms with Crippen molar-refractivity contribution in [1.29, 1.82) is 0 Å². The summed E-state index contributed by atoms with van der Waals surface area (Å²) in [7, 11) is 0. The minimum atomic E-state index is -0.679. The van der Waals surface area contributed by atoms with Crippen molar-refractivity contribution >= 4 is 44.7 Å². The summed E-state index contributed by atoms with van der Waals surface area (Å²) in [5.41, 5.74) is 0.371. The van der Waals surface area contributed by atoms with E-state index >= 15 is 0 Å². The van der Waals surface area contributed by atoms with E-state index < -0.39 is 23.0 Å². The van der Waals surface area contributed by atoms with Crippen LogP contribution in [0.2, 0.25) is 5.02 Å². The van der Waals surface area contributed by atoms with E-state index in [1.165, 1.54) is 34.1 Å². The zero-order valence-corrected chi connectivity index (χ0v) is 17.3. The van der Waals surface area contributed by atoms with Crippen molar-refractivity contribution in [3.8, 4) is 5.69 Å². The van der Waals surface area contributed by atoms with E-state index in [1.54, 1.807) is 42.6 Å². The Bertz CT molecular complexity index is 1410. The number of carbonyl (C=O) groups excluding carboxylic acids is 1. The molecule has 0 atom stereocenters. The molecule has 1 N–H and O–H groups in total. The Kier molecular flexibility index (Phi) is 5.27. The summed E-state index contributed by atoms with van der Waals surface area (Å²) in [5, 5.41) is 4.83. The molecule has 0 unspecified atom stereocenters. The molecule has 4 rings (SSSR count). The highest BCUT2D eigenvalue weighted by molar-refractivity contribution is 7.17. The predicted molar refractivity (Wildman–Crippen MR) is 116 cm³/mol. The molecule has 0 spiro atoms. The quantitative estimate of drug-likeness (QED) is 0.519. The normalized spacial score (nSPS) is 11.0. The number of hydrogen-bond acceptors (Lipinski definition) is 4. The van der Waals surface area contributed by atoms with Gasteiger partial charge in [0.15, 0.2) is 0 Å². The molecule has 30 heavy (non-hydrogen) atoms. The van der Waals surface area contributed by atoms with Gasteiger partial charge >= 0.3 is 5.69 Å². The van der Waals surface area contributed by atoms with Gasteiger partial charge in [-0.15, -0.1) is 11.3 Å². The number of anilines is 1. The van der Waals surface area contributed by atoms with Gasteiger partial charge in [0.25, 0.3) is 5.56 Å². The van der Waals surface area contributed by atoms with Crippen LogP contribution < -0.4 is 16.6 Å². The number of hydrogen-bond donors (Lipinski definition) is 1. The molecule has 2 aromatic heterocycles. The van der Waals surface area contributed by atoms with Crippen LogP contribution in [0, 0.1) is 12.7 Å². The molecule has 0 saturated carbocycles. The summed E-state index contributed by atoms with van der Waals surface area (Å²) in [6.07, 6.45) is 0. The summed E-state index contributed by atoms with van der Waals surface area (Å²) < 4.78 is 16.1. The first-order chi connectivity index (χ1) is 14.3. The maximum absolute atomic E-state index is 13.5. The molecule has 0 radical (unpaired) electrons. The average molecular weight is 444 g/mol. The number of aromatic nitrogens is 2. The molecule has 2 aromatic carbocycles. The molecule has 0 aliphatic heterocycles. The maximum atomic E-state index is 13.5. The SMILES string of the molecule is Cc1cc(F)ccc1-n1c(=O)c2sccc2n(CC(=O)Nc2cccc(Cl)c2)c1=O. The van der Waals surface area contributed by atoms with Gasteiger partial charge in [-0.25, -0.2) is 13.8 Å². The van der Waals surface area contributed by atoms with Gasteiger partial charge in [-0.2, -0.15) is 0 Å². The molecule has 0 bridgehead atoms. The molecular weight excluding hydrogens is 429 g/mol. The smallest absolute Gasteiger partial charge is 0.324 e. The van der Waals surface area contributed by atoms with Gasteiger partial charge in [-0.1, -0.05) is 17.7 Å². The van der Waals surface area contributed by atoms with E-state index in [1.807, 2.05) is 0 Å². The van der Waals surface area contributed by atoms with E-state index in [4.69, 9.17) is 11.6 Å². The van der Waals surface area contributed by atoms with Gasteiger partial charge in [-0.3, -0.25) is 14.2 Å². The van der Waals surface area contributed by atoms with Crippen LogP contribution in [0.4, 0.5) is 10.1 Å². The largest absolute Gasteiger partial charge is 0.336 e. The van der Waals surface area contributed by atoms with Crippen LogP contribution in [0.5, 0.6) is 0 Å². The third-order valence-electron chi connectivity index (χ3n) is 4.56. The molecule has 4 aromatic rings. The fourth-order valence-electron chi connectivity index (χ4n) is 3.23. The lowest BCUT2D eigenvalue weighted by atomic mass is 10.2. The first-order valence-corrected chi connectivity index (χ1v) is 10.2. The summed E-state index contributed by atoms with van der Waals surface area (Å²) >= 11 is 7.11. The number of fused-ring (bicyclic) bond motifs is 1. The van der Waals surface area contributed by atoms with Crippen LogP contribution in [-0.2, 0) is 11.3 Å². The standard InChI is InChI=1S/C21H15ClFN3O3S/c1-12-9-14(23)5-6-16(12)26-20(28)19-17(7-8-30-19)25(21(26)29)11-18(27)24-15-4-2-3-13(22)10-15/h2-10H,11H2,1H3,(H,24,27). The maximum Gasteiger partial charge on any atom is 0.336 e. The molecule has 6 nitrogen and oxygen atoms in total. The van der Waals surface area contributed by atoms with Crippen LogP contribution in [-0.4, -0.2) is 15.0 Å². The Morgan fingerprint density at radius 3 is 2.70 bits per heavy atom. The first-order valence-electron chi connectivity index (χ1n) is 8.90. The van der Waals surface area contributed by atoms with Crippen LogP contribution >= 0.6 is 22.9 Å². The van der Waals surface area contributed by atoms with E-state index in [0.717, 1.165) is 4.57 Å². The fraction of sp³-hybridized carbons (Fsp3) is 0.0952. The highest BCUT2D eigenvalue weighted by Gasteiger charge is 2.18. The zero-order chi connectivity index (χ0) is 21.4. The average Bonchev–Trinajstić information content (AvgIpc) is 3.17. The monoisotopic (exact) mass is 443 g/mol. The topological polar surface area (TPSA) is 73.1 Å². The van der Waals surface area contributed by atoms with Gasteiger partial charge in [-0.05, 0) is 60.3 Å². The molecule has 0 fully saturated rings. The Balaban J connectivity index is 1.82. The van der Waals surface area contributed by atoms with Gasteiger partial charge < -0.3 is 5.32 Å². The lowest BCUT2D eigenvalue weighted by Gasteiger charge is -2.14. The molecule has 9 heteroatoms. The molecular formula is C21H15ClFN3O3S. The van der Waals surface area contributed by atoms with Crippen LogP contribution in [0.1, 0.15) is 5.56 Å². The highest BCUT2D eigenvalue weighted by atomic mass is 35.5. The summed E-state index contributed by atoms with van der Waals surface area (Å²) in [6, 6.07) is 12.1. The number of nitrogens with zero attached hydrogens (tertiary/aromatic N) is 2. The Labute approximate surface area is 178 Å². The number of amides is 1. The van der Waals surface area contributed by atoms with E-state index in [0.29, 0.717) is 26.5 Å². The second-order valence-electron chi connectivity index (χ2n) is 6.63. The van der Waals surface area contributed by atoms with Crippen molar-refractivity contribution in [2.24, 2.45) is 0 Å². The summed E-state index contributed by atoms with van der Waals surface area (Å²) in [5.74, 6) is -0.921. The number of carbonyl (C=O) groups is 1. The highest BCUT2D eigenvalue weighted by Crippen LogP contribution is 2.19.